The highest BCUT2D eigenvalue weighted by atomic mass is 16.5. The molecule has 1 aliphatic heterocycles. The van der Waals surface area contributed by atoms with Crippen LogP contribution in [0.4, 0.5) is 6.01 Å². The highest BCUT2D eigenvalue weighted by Crippen LogP contribution is 2.31. The van der Waals surface area contributed by atoms with Gasteiger partial charge in [0.1, 0.15) is 6.26 Å². The van der Waals surface area contributed by atoms with E-state index < -0.39 is 5.97 Å². The molecule has 5 heteroatoms. The fourth-order valence-electron chi connectivity index (χ4n) is 2.50. The lowest BCUT2D eigenvalue weighted by Gasteiger charge is -2.25. The summed E-state index contributed by atoms with van der Waals surface area (Å²) in [4.78, 5) is 18.0. The molecule has 0 amide bonds. The normalized spacial score (nSPS) is 23.4. The molecule has 0 N–H and O–H groups in total. The largest absolute Gasteiger partial charge is 0.461 e. The van der Waals surface area contributed by atoms with Gasteiger partial charge in [0, 0.05) is 12.1 Å². The Morgan fingerprint density at radius 1 is 1.56 bits per heavy atom. The van der Waals surface area contributed by atoms with Crippen molar-refractivity contribution in [3.8, 4) is 0 Å². The second kappa shape index (κ2) is 5.42. The summed E-state index contributed by atoms with van der Waals surface area (Å²) in [6, 6.07) is 1.40. The van der Waals surface area contributed by atoms with Gasteiger partial charge in [-0.25, -0.2) is 4.79 Å². The van der Waals surface area contributed by atoms with Crippen molar-refractivity contribution < 1.29 is 13.9 Å². The van der Waals surface area contributed by atoms with Crippen molar-refractivity contribution in [3.05, 3.63) is 12.0 Å². The van der Waals surface area contributed by atoms with Gasteiger partial charge in [-0.1, -0.05) is 6.92 Å². The number of esters is 1. The molecule has 2 rings (SSSR count). The van der Waals surface area contributed by atoms with Crippen molar-refractivity contribution in [1.29, 1.82) is 0 Å². The van der Waals surface area contributed by atoms with Crippen molar-refractivity contribution in [3.63, 3.8) is 0 Å². The van der Waals surface area contributed by atoms with E-state index in [1.54, 1.807) is 6.92 Å². The molecular formula is C13H20N2O3. The molecule has 0 aliphatic carbocycles. The van der Waals surface area contributed by atoms with Crippen molar-refractivity contribution in [2.45, 2.75) is 52.1 Å². The zero-order valence-corrected chi connectivity index (χ0v) is 11.2. The number of hydrogen-bond acceptors (Lipinski definition) is 5. The Morgan fingerprint density at radius 2 is 2.33 bits per heavy atom. The number of carbonyl (C=O) groups excluding carboxylic acids is 1. The minimum absolute atomic E-state index is 0.251. The van der Waals surface area contributed by atoms with E-state index in [4.69, 9.17) is 9.15 Å². The van der Waals surface area contributed by atoms with Gasteiger partial charge in [-0.05, 0) is 33.1 Å². The first-order valence-corrected chi connectivity index (χ1v) is 6.58. The van der Waals surface area contributed by atoms with E-state index in [-0.39, 0.29) is 5.69 Å². The average molecular weight is 252 g/mol. The molecule has 0 saturated carbocycles. The number of carbonyl (C=O) groups is 1. The van der Waals surface area contributed by atoms with Crippen LogP contribution in [0.3, 0.4) is 0 Å². The topological polar surface area (TPSA) is 55.6 Å². The summed E-state index contributed by atoms with van der Waals surface area (Å²) in [6.07, 6.45) is 4.72. The minimum Gasteiger partial charge on any atom is -0.461 e. The number of rotatable bonds is 4. The van der Waals surface area contributed by atoms with Crippen LogP contribution in [0, 0.1) is 0 Å². The Morgan fingerprint density at radius 3 is 3.00 bits per heavy atom. The summed E-state index contributed by atoms with van der Waals surface area (Å²) in [5, 5.41) is 0. The Balaban J connectivity index is 2.16. The van der Waals surface area contributed by atoms with Crippen molar-refractivity contribution in [2.24, 2.45) is 0 Å². The molecule has 1 fully saturated rings. The fourth-order valence-corrected chi connectivity index (χ4v) is 2.50. The lowest BCUT2D eigenvalue weighted by molar-refractivity contribution is 0.0519. The van der Waals surface area contributed by atoms with Gasteiger partial charge in [0.2, 0.25) is 0 Å². The number of aromatic nitrogens is 1. The maximum absolute atomic E-state index is 11.5. The molecule has 18 heavy (non-hydrogen) atoms. The summed E-state index contributed by atoms with van der Waals surface area (Å²) in [5.41, 5.74) is 0.251. The quantitative estimate of drug-likeness (QED) is 0.771. The Hall–Kier alpha value is -1.52. The zero-order chi connectivity index (χ0) is 13.1. The molecular weight excluding hydrogens is 232 g/mol. The van der Waals surface area contributed by atoms with Crippen LogP contribution in [0.25, 0.3) is 0 Å². The van der Waals surface area contributed by atoms with Gasteiger partial charge >= 0.3 is 5.97 Å². The van der Waals surface area contributed by atoms with E-state index in [9.17, 15) is 4.79 Å². The van der Waals surface area contributed by atoms with Crippen molar-refractivity contribution in [2.75, 3.05) is 11.5 Å². The van der Waals surface area contributed by atoms with Crippen LogP contribution in [-0.2, 0) is 4.74 Å². The van der Waals surface area contributed by atoms with E-state index in [2.05, 4.69) is 23.7 Å². The Labute approximate surface area is 107 Å². The van der Waals surface area contributed by atoms with E-state index in [1.807, 2.05) is 0 Å². The van der Waals surface area contributed by atoms with Gasteiger partial charge in [0.05, 0.1) is 6.61 Å². The van der Waals surface area contributed by atoms with Gasteiger partial charge in [0.15, 0.2) is 5.69 Å². The molecule has 0 bridgehead atoms. The summed E-state index contributed by atoms with van der Waals surface area (Å²) in [6.45, 7) is 6.43. The van der Waals surface area contributed by atoms with E-state index in [0.717, 1.165) is 19.3 Å². The summed E-state index contributed by atoms with van der Waals surface area (Å²) in [7, 11) is 0. The number of anilines is 1. The minimum atomic E-state index is -0.424. The van der Waals surface area contributed by atoms with Crippen LogP contribution >= 0.6 is 0 Å². The van der Waals surface area contributed by atoms with E-state index in [1.165, 1.54) is 6.26 Å². The highest BCUT2D eigenvalue weighted by Gasteiger charge is 2.33. The van der Waals surface area contributed by atoms with Crippen LogP contribution in [0.5, 0.6) is 0 Å². The van der Waals surface area contributed by atoms with Gasteiger partial charge in [-0.3, -0.25) is 0 Å². The molecule has 2 unspecified atom stereocenters. The van der Waals surface area contributed by atoms with Gasteiger partial charge in [-0.2, -0.15) is 4.98 Å². The first-order chi connectivity index (χ1) is 8.67. The first-order valence-electron chi connectivity index (χ1n) is 6.58. The van der Waals surface area contributed by atoms with Gasteiger partial charge < -0.3 is 14.1 Å². The molecule has 1 aliphatic rings. The first kappa shape index (κ1) is 12.9. The van der Waals surface area contributed by atoms with Crippen molar-refractivity contribution in [1.82, 2.24) is 4.98 Å². The molecule has 2 atom stereocenters. The smallest absolute Gasteiger partial charge is 0.360 e. The molecule has 2 heterocycles. The maximum Gasteiger partial charge on any atom is 0.360 e. The van der Waals surface area contributed by atoms with Gasteiger partial charge in [-0.15, -0.1) is 0 Å². The number of nitrogens with zero attached hydrogens (tertiary/aromatic N) is 2. The lowest BCUT2D eigenvalue weighted by Crippen LogP contribution is -2.34. The molecule has 1 aromatic heterocycles. The van der Waals surface area contributed by atoms with Crippen LogP contribution < -0.4 is 4.90 Å². The summed E-state index contributed by atoms with van der Waals surface area (Å²) in [5.74, 6) is -0.424. The highest BCUT2D eigenvalue weighted by molar-refractivity contribution is 5.87. The molecule has 0 aromatic carbocycles. The average Bonchev–Trinajstić information content (AvgIpc) is 2.95. The van der Waals surface area contributed by atoms with Gasteiger partial charge in [0.25, 0.3) is 6.01 Å². The SMILES string of the molecule is CCOC(=O)c1coc(N2C(C)CCC2CC)n1. The second-order valence-corrected chi connectivity index (χ2v) is 4.63. The number of ether oxygens (including phenoxy) is 1. The van der Waals surface area contributed by atoms with E-state index in [0.29, 0.717) is 24.7 Å². The van der Waals surface area contributed by atoms with Crippen LogP contribution in [-0.4, -0.2) is 29.6 Å². The predicted molar refractivity (Wildman–Crippen MR) is 67.7 cm³/mol. The van der Waals surface area contributed by atoms with Crippen molar-refractivity contribution >= 4 is 12.0 Å². The summed E-state index contributed by atoms with van der Waals surface area (Å²) < 4.78 is 10.3. The van der Waals surface area contributed by atoms with Crippen LogP contribution in [0.2, 0.25) is 0 Å². The standard InChI is InChI=1S/C13H20N2O3/c1-4-10-7-6-9(3)15(10)13-14-11(8-18-13)12(16)17-5-2/h8-10H,4-7H2,1-3H3. The third kappa shape index (κ3) is 2.35. The van der Waals surface area contributed by atoms with E-state index >= 15 is 0 Å². The van der Waals surface area contributed by atoms with Crippen LogP contribution in [0.1, 0.15) is 50.5 Å². The molecule has 1 saturated heterocycles. The Kier molecular flexibility index (Phi) is 3.89. The zero-order valence-electron chi connectivity index (χ0n) is 11.2. The number of oxazole rings is 1. The third-order valence-electron chi connectivity index (χ3n) is 3.45. The molecule has 5 nitrogen and oxygen atoms in total. The predicted octanol–water partition coefficient (Wildman–Crippen LogP) is 2.62. The summed E-state index contributed by atoms with van der Waals surface area (Å²) >= 11 is 0. The maximum atomic E-state index is 11.5. The molecule has 0 radical (unpaired) electrons. The lowest BCUT2D eigenvalue weighted by atomic mass is 10.2. The fraction of sp³-hybridized carbons (Fsp3) is 0.692. The number of hydrogen-bond donors (Lipinski definition) is 0. The molecule has 0 spiro atoms. The Bertz CT molecular complexity index is 416. The molecule has 1 aromatic rings. The third-order valence-corrected chi connectivity index (χ3v) is 3.45. The van der Waals surface area contributed by atoms with Crippen LogP contribution in [0.15, 0.2) is 10.7 Å². The monoisotopic (exact) mass is 252 g/mol. The molecule has 100 valence electrons. The second-order valence-electron chi connectivity index (χ2n) is 4.63.